The maximum Gasteiger partial charge on any atom is 0.410 e. The molecule has 220 valence electrons. The topological polar surface area (TPSA) is 83.5 Å². The van der Waals surface area contributed by atoms with Gasteiger partial charge in [0.1, 0.15) is 16.9 Å². The molecule has 0 unspecified atom stereocenters. The molecule has 0 radical (unpaired) electrons. The van der Waals surface area contributed by atoms with Crippen molar-refractivity contribution >= 4 is 17.2 Å². The summed E-state index contributed by atoms with van der Waals surface area (Å²) in [4.78, 5) is 24.3. The molecule has 0 N–H and O–H groups in total. The molecule has 2 aliphatic heterocycles. The lowest BCUT2D eigenvalue weighted by atomic mass is 9.87. The van der Waals surface area contributed by atoms with Crippen molar-refractivity contribution in [1.29, 1.82) is 5.26 Å². The van der Waals surface area contributed by atoms with Crippen molar-refractivity contribution in [3.05, 3.63) is 88.5 Å². The summed E-state index contributed by atoms with van der Waals surface area (Å²) in [6, 6.07) is 5.73. The molecule has 0 aromatic carbocycles. The van der Waals surface area contributed by atoms with Crippen LogP contribution in [-0.4, -0.2) is 39.2 Å². The number of amides is 1. The first-order chi connectivity index (χ1) is 19.9. The molecule has 0 spiro atoms. The zero-order valence-corrected chi connectivity index (χ0v) is 26.1. The van der Waals surface area contributed by atoms with E-state index in [9.17, 15) is 10.1 Å². The van der Waals surface area contributed by atoms with Crippen LogP contribution in [0.3, 0.4) is 0 Å². The highest BCUT2D eigenvalue weighted by atomic mass is 16.6. The Labute approximate surface area is 249 Å². The molecule has 2 aromatic rings. The molecule has 0 bridgehead atoms. The summed E-state index contributed by atoms with van der Waals surface area (Å²) in [5, 5.41) is 10.6. The largest absolute Gasteiger partial charge is 0.444 e. The number of ether oxygens (including phenoxy) is 1. The summed E-state index contributed by atoms with van der Waals surface area (Å²) >= 11 is 0. The van der Waals surface area contributed by atoms with Gasteiger partial charge in [0.15, 0.2) is 0 Å². The molecule has 2 aromatic heterocycles. The van der Waals surface area contributed by atoms with Gasteiger partial charge in [0.2, 0.25) is 0 Å². The number of allylic oxidation sites excluding steroid dienone is 5. The smallest absolute Gasteiger partial charge is 0.410 e. The van der Waals surface area contributed by atoms with E-state index in [4.69, 9.17) is 9.73 Å². The van der Waals surface area contributed by atoms with Crippen molar-refractivity contribution in [3.63, 3.8) is 0 Å². The Morgan fingerprint density at radius 2 is 2.10 bits per heavy atom. The van der Waals surface area contributed by atoms with Gasteiger partial charge in [0.05, 0.1) is 11.6 Å². The van der Waals surface area contributed by atoms with Gasteiger partial charge in [-0.25, -0.2) is 14.8 Å². The van der Waals surface area contributed by atoms with Crippen LogP contribution >= 0.6 is 0 Å². The van der Waals surface area contributed by atoms with Crippen LogP contribution in [0.15, 0.2) is 71.7 Å². The molecule has 7 heteroatoms. The van der Waals surface area contributed by atoms with E-state index in [-0.39, 0.29) is 12.0 Å². The Kier molecular flexibility index (Phi) is 9.36. The highest BCUT2D eigenvalue weighted by Gasteiger charge is 2.26. The zero-order valence-electron chi connectivity index (χ0n) is 26.1. The minimum absolute atomic E-state index is 0.108. The number of nitriles is 1. The molecular formula is C35H43N5O2. The summed E-state index contributed by atoms with van der Waals surface area (Å²) in [6.07, 6.45) is 14.2. The Hall–Kier alpha value is -4.18. The number of nitrogens with zero attached hydrogens (tertiary/aromatic N) is 5. The van der Waals surface area contributed by atoms with Crippen LogP contribution < -0.4 is 10.7 Å². The molecule has 2 aliphatic rings. The lowest BCUT2D eigenvalue weighted by Crippen LogP contribution is -2.40. The molecule has 0 aliphatic carbocycles. The van der Waals surface area contributed by atoms with Gasteiger partial charge in [0, 0.05) is 42.5 Å². The van der Waals surface area contributed by atoms with Crippen molar-refractivity contribution in [1.82, 2.24) is 14.5 Å². The van der Waals surface area contributed by atoms with E-state index >= 15 is 0 Å². The van der Waals surface area contributed by atoms with Crippen molar-refractivity contribution < 1.29 is 9.53 Å². The Bertz CT molecular complexity index is 1620. The van der Waals surface area contributed by atoms with E-state index in [0.717, 1.165) is 46.7 Å². The van der Waals surface area contributed by atoms with Crippen molar-refractivity contribution in [2.45, 2.75) is 73.3 Å². The molecular weight excluding hydrogens is 522 g/mol. The highest BCUT2D eigenvalue weighted by molar-refractivity contribution is 5.83. The lowest BCUT2D eigenvalue weighted by molar-refractivity contribution is 0.0230. The van der Waals surface area contributed by atoms with Gasteiger partial charge in [-0.1, -0.05) is 39.5 Å². The third-order valence-electron chi connectivity index (χ3n) is 7.31. The van der Waals surface area contributed by atoms with Crippen LogP contribution in [0, 0.1) is 23.2 Å². The molecule has 4 heterocycles. The second-order valence-electron chi connectivity index (χ2n) is 12.6. The summed E-state index contributed by atoms with van der Waals surface area (Å²) in [5.74, 6) is 1.22. The molecule has 0 saturated heterocycles. The predicted molar refractivity (Wildman–Crippen MR) is 168 cm³/mol. The first kappa shape index (κ1) is 30.8. The fraction of sp³-hybridized carbons (Fsp3) is 0.429. The first-order valence-corrected chi connectivity index (χ1v) is 14.8. The van der Waals surface area contributed by atoms with Gasteiger partial charge in [0.25, 0.3) is 0 Å². The van der Waals surface area contributed by atoms with Crippen LogP contribution in [0.5, 0.6) is 0 Å². The molecule has 0 saturated carbocycles. The number of carbonyl (C=O) groups is 1. The normalized spacial score (nSPS) is 19.2. The van der Waals surface area contributed by atoms with E-state index in [0.29, 0.717) is 30.4 Å². The van der Waals surface area contributed by atoms with Crippen LogP contribution in [-0.2, 0) is 4.74 Å². The predicted octanol–water partition coefficient (Wildman–Crippen LogP) is 6.64. The third-order valence-corrected chi connectivity index (χ3v) is 7.31. The number of fused-ring (bicyclic) bond motifs is 1. The van der Waals surface area contributed by atoms with Crippen LogP contribution in [0.25, 0.3) is 17.0 Å². The second kappa shape index (κ2) is 12.8. The van der Waals surface area contributed by atoms with Gasteiger partial charge in [-0.05, 0) is 99.3 Å². The van der Waals surface area contributed by atoms with E-state index < -0.39 is 5.60 Å². The maximum atomic E-state index is 12.9. The molecule has 1 atom stereocenters. The number of hydrogen-bond acceptors (Lipinski definition) is 5. The van der Waals surface area contributed by atoms with Gasteiger partial charge < -0.3 is 9.64 Å². The highest BCUT2D eigenvalue weighted by Crippen LogP contribution is 2.30. The van der Waals surface area contributed by atoms with Gasteiger partial charge in [-0.2, -0.15) is 5.26 Å². The fourth-order valence-corrected chi connectivity index (χ4v) is 5.62. The van der Waals surface area contributed by atoms with Crippen LogP contribution in [0.4, 0.5) is 4.79 Å². The van der Waals surface area contributed by atoms with Crippen molar-refractivity contribution in [3.8, 4) is 11.9 Å². The zero-order chi connectivity index (χ0) is 30.6. The second-order valence-corrected chi connectivity index (χ2v) is 12.6. The number of hydrogen-bond donors (Lipinski definition) is 0. The number of pyridine rings is 1. The molecule has 4 rings (SSSR count). The summed E-state index contributed by atoms with van der Waals surface area (Å²) in [6.45, 7) is 20.1. The van der Waals surface area contributed by atoms with E-state index in [2.05, 4.69) is 63.7 Å². The first-order valence-electron chi connectivity index (χ1n) is 14.8. The van der Waals surface area contributed by atoms with Crippen molar-refractivity contribution in [2.75, 3.05) is 13.1 Å². The standard InChI is InChI=1S/C35H43N5O2/c1-9-27(17-23(2)3)29-22-40(30-19-26(20-36)13-15-37-30)33-32(29)31(25(5)12-14-38-33)28-11-10-16-39(21-24(4)18-28)34(41)42-35(6,7)8/h9,12-15,18-19,22-24H,5,10-11,16-17,21H2,1-4,6-8H3/b27-9-,28-18-/t24-/m1/s1. The number of carbonyl (C=O) groups excluding carboxylic acids is 1. The Morgan fingerprint density at radius 3 is 2.76 bits per heavy atom. The van der Waals surface area contributed by atoms with Crippen molar-refractivity contribution in [2.24, 2.45) is 16.8 Å². The van der Waals surface area contributed by atoms with Crippen LogP contribution in [0.2, 0.25) is 0 Å². The number of aromatic nitrogens is 2. The molecule has 0 fully saturated rings. The average Bonchev–Trinajstić information content (AvgIpc) is 3.18. The minimum Gasteiger partial charge on any atom is -0.444 e. The maximum absolute atomic E-state index is 12.9. The van der Waals surface area contributed by atoms with Gasteiger partial charge in [-0.3, -0.25) is 4.57 Å². The summed E-state index contributed by atoms with van der Waals surface area (Å²) in [5.41, 5.74) is 6.29. The lowest BCUT2D eigenvalue weighted by Gasteiger charge is -2.30. The summed E-state index contributed by atoms with van der Waals surface area (Å²) in [7, 11) is 0. The average molecular weight is 566 g/mol. The number of rotatable bonds is 5. The third kappa shape index (κ3) is 6.99. The van der Waals surface area contributed by atoms with Gasteiger partial charge in [-0.15, -0.1) is 0 Å². The fourth-order valence-electron chi connectivity index (χ4n) is 5.62. The monoisotopic (exact) mass is 565 g/mol. The molecule has 42 heavy (non-hydrogen) atoms. The Morgan fingerprint density at radius 1 is 1.33 bits per heavy atom. The van der Waals surface area contributed by atoms with Crippen LogP contribution in [0.1, 0.15) is 78.9 Å². The molecule has 7 nitrogen and oxygen atoms in total. The van der Waals surface area contributed by atoms with Gasteiger partial charge >= 0.3 is 6.09 Å². The molecule has 1 amide bonds. The van der Waals surface area contributed by atoms with E-state index in [1.165, 1.54) is 11.1 Å². The summed E-state index contributed by atoms with van der Waals surface area (Å²) < 4.78 is 7.68. The SMILES string of the molecule is C=C1C=CN=c2c(c(/C(=C\C)CC(C)C)cn2-c2cc(C#N)ccn2)=C1/C1=C\[C@@H](C)CN(C(=O)OC(C)(C)C)CCC1. The van der Waals surface area contributed by atoms with E-state index in [1.807, 2.05) is 36.3 Å². The minimum atomic E-state index is -0.532. The Balaban J connectivity index is 1.94. The van der Waals surface area contributed by atoms with E-state index in [1.54, 1.807) is 24.5 Å². The quantitative estimate of drug-likeness (QED) is 0.407.